The van der Waals surface area contributed by atoms with E-state index in [1.54, 1.807) is 0 Å². The summed E-state index contributed by atoms with van der Waals surface area (Å²) in [5, 5.41) is 3.10. The van der Waals surface area contributed by atoms with Crippen molar-refractivity contribution in [2.45, 2.75) is 26.8 Å². The van der Waals surface area contributed by atoms with Crippen molar-refractivity contribution >= 4 is 11.6 Å². The predicted octanol–water partition coefficient (Wildman–Crippen LogP) is 1.63. The van der Waals surface area contributed by atoms with Crippen molar-refractivity contribution in [1.29, 1.82) is 0 Å². The number of nitrogens with zero attached hydrogens (tertiary/aromatic N) is 1. The quantitative estimate of drug-likeness (QED) is 0.298. The lowest BCUT2D eigenvalue weighted by atomic mass is 10.2. The maximum Gasteiger partial charge on any atom is 0.210 e. The van der Waals surface area contributed by atoms with Gasteiger partial charge >= 0.3 is 0 Å². The summed E-state index contributed by atoms with van der Waals surface area (Å²) >= 11 is 0. The lowest BCUT2D eigenvalue weighted by Gasteiger charge is -2.10. The third-order valence-corrected chi connectivity index (χ3v) is 1.84. The van der Waals surface area contributed by atoms with Crippen LogP contribution in [0.15, 0.2) is 29.3 Å². The van der Waals surface area contributed by atoms with Crippen LogP contribution in [0.25, 0.3) is 0 Å². The third-order valence-electron chi connectivity index (χ3n) is 1.84. The number of hydrogen-bond donors (Lipinski definition) is 3. The smallest absolute Gasteiger partial charge is 0.210 e. The molecule has 0 fully saturated rings. The standard InChI is InChI=1S/C11H18N4/c1-8(2)13-11(15-12)14-10-6-4-9(3)5-7-10/h4-8H,12H2,1-3H3,(H2,13,14,15). The highest BCUT2D eigenvalue weighted by Gasteiger charge is 1.98. The van der Waals surface area contributed by atoms with E-state index in [0.29, 0.717) is 5.96 Å². The van der Waals surface area contributed by atoms with Crippen LogP contribution in [-0.4, -0.2) is 12.0 Å². The fourth-order valence-electron chi connectivity index (χ4n) is 1.14. The Kier molecular flexibility index (Phi) is 4.12. The third kappa shape index (κ3) is 3.99. The predicted molar refractivity (Wildman–Crippen MR) is 64.7 cm³/mol. The second kappa shape index (κ2) is 5.36. The zero-order chi connectivity index (χ0) is 11.3. The van der Waals surface area contributed by atoms with Gasteiger partial charge in [-0.25, -0.2) is 10.8 Å². The number of anilines is 1. The van der Waals surface area contributed by atoms with E-state index < -0.39 is 0 Å². The average Bonchev–Trinajstić information content (AvgIpc) is 2.19. The Bertz CT molecular complexity index is 327. The Morgan fingerprint density at radius 2 is 1.87 bits per heavy atom. The van der Waals surface area contributed by atoms with Crippen LogP contribution in [0.1, 0.15) is 19.4 Å². The van der Waals surface area contributed by atoms with Crippen molar-refractivity contribution in [3.8, 4) is 0 Å². The lowest BCUT2D eigenvalue weighted by Crippen LogP contribution is -2.36. The molecule has 4 heteroatoms. The van der Waals surface area contributed by atoms with Crippen molar-refractivity contribution in [3.63, 3.8) is 0 Å². The molecular weight excluding hydrogens is 188 g/mol. The molecule has 0 amide bonds. The van der Waals surface area contributed by atoms with E-state index in [0.717, 1.165) is 5.69 Å². The minimum atomic E-state index is 0.203. The minimum Gasteiger partial charge on any atom is -0.325 e. The number of hydrogen-bond acceptors (Lipinski definition) is 2. The molecule has 4 nitrogen and oxygen atoms in total. The van der Waals surface area contributed by atoms with Gasteiger partial charge in [0.15, 0.2) is 0 Å². The molecule has 0 atom stereocenters. The van der Waals surface area contributed by atoms with Gasteiger partial charge in [-0.3, -0.25) is 5.43 Å². The number of nitrogens with two attached hydrogens (primary N) is 1. The Hall–Kier alpha value is -1.55. The zero-order valence-electron chi connectivity index (χ0n) is 9.41. The van der Waals surface area contributed by atoms with Gasteiger partial charge in [-0.15, -0.1) is 0 Å². The summed E-state index contributed by atoms with van der Waals surface area (Å²) in [7, 11) is 0. The summed E-state index contributed by atoms with van der Waals surface area (Å²) in [6.07, 6.45) is 0. The molecule has 0 saturated carbocycles. The molecule has 1 aromatic rings. The maximum atomic E-state index is 5.36. The summed E-state index contributed by atoms with van der Waals surface area (Å²) in [6.45, 7) is 6.04. The van der Waals surface area contributed by atoms with Gasteiger partial charge < -0.3 is 5.32 Å². The monoisotopic (exact) mass is 206 g/mol. The molecule has 82 valence electrons. The number of guanidine groups is 1. The minimum absolute atomic E-state index is 0.203. The highest BCUT2D eigenvalue weighted by atomic mass is 15.3. The van der Waals surface area contributed by atoms with Crippen molar-refractivity contribution in [1.82, 2.24) is 5.43 Å². The van der Waals surface area contributed by atoms with Gasteiger partial charge in [-0.1, -0.05) is 17.7 Å². The summed E-state index contributed by atoms with van der Waals surface area (Å²) in [5.41, 5.74) is 4.73. The number of nitrogens with one attached hydrogen (secondary N) is 2. The first kappa shape index (κ1) is 11.5. The van der Waals surface area contributed by atoms with Gasteiger partial charge in [0.05, 0.1) is 0 Å². The molecule has 0 aliphatic carbocycles. The number of rotatable bonds is 2. The topological polar surface area (TPSA) is 62.4 Å². The van der Waals surface area contributed by atoms with Crippen molar-refractivity contribution in [2.75, 3.05) is 5.32 Å². The summed E-state index contributed by atoms with van der Waals surface area (Å²) < 4.78 is 0. The summed E-state index contributed by atoms with van der Waals surface area (Å²) in [5.74, 6) is 5.93. The first-order valence-corrected chi connectivity index (χ1v) is 5.00. The van der Waals surface area contributed by atoms with Crippen molar-refractivity contribution < 1.29 is 0 Å². The van der Waals surface area contributed by atoms with Gasteiger partial charge in [0.2, 0.25) is 5.96 Å². The van der Waals surface area contributed by atoms with E-state index in [4.69, 9.17) is 5.84 Å². The second-order valence-electron chi connectivity index (χ2n) is 3.71. The van der Waals surface area contributed by atoms with Crippen LogP contribution >= 0.6 is 0 Å². The highest BCUT2D eigenvalue weighted by Crippen LogP contribution is 2.08. The Morgan fingerprint density at radius 1 is 1.27 bits per heavy atom. The van der Waals surface area contributed by atoms with Crippen LogP contribution in [0.5, 0.6) is 0 Å². The summed E-state index contributed by atoms with van der Waals surface area (Å²) in [6, 6.07) is 8.25. The largest absolute Gasteiger partial charge is 0.325 e. The molecule has 0 bridgehead atoms. The molecule has 0 aliphatic heterocycles. The highest BCUT2D eigenvalue weighted by molar-refractivity contribution is 5.93. The molecule has 0 aliphatic rings. The Morgan fingerprint density at radius 3 is 2.33 bits per heavy atom. The molecule has 0 spiro atoms. The van der Waals surface area contributed by atoms with E-state index in [-0.39, 0.29) is 6.04 Å². The molecule has 0 saturated heterocycles. The van der Waals surface area contributed by atoms with Gasteiger partial charge in [0.25, 0.3) is 0 Å². The van der Waals surface area contributed by atoms with Crippen LogP contribution in [0, 0.1) is 6.92 Å². The van der Waals surface area contributed by atoms with E-state index >= 15 is 0 Å². The average molecular weight is 206 g/mol. The number of hydrazine groups is 1. The molecule has 1 rings (SSSR count). The van der Waals surface area contributed by atoms with Crippen LogP contribution in [0.4, 0.5) is 5.69 Å². The zero-order valence-corrected chi connectivity index (χ0v) is 9.41. The van der Waals surface area contributed by atoms with Crippen LogP contribution < -0.4 is 16.6 Å². The molecule has 0 aromatic heterocycles. The van der Waals surface area contributed by atoms with E-state index in [2.05, 4.69) is 15.7 Å². The molecule has 0 radical (unpaired) electrons. The molecule has 4 N–H and O–H groups in total. The van der Waals surface area contributed by atoms with Gasteiger partial charge in [0, 0.05) is 11.7 Å². The number of aryl methyl sites for hydroxylation is 1. The SMILES string of the molecule is Cc1ccc(NC(=NC(C)C)NN)cc1. The van der Waals surface area contributed by atoms with E-state index in [1.165, 1.54) is 5.56 Å². The fraction of sp³-hybridized carbons (Fsp3) is 0.364. The van der Waals surface area contributed by atoms with Crippen LogP contribution in [0.2, 0.25) is 0 Å². The van der Waals surface area contributed by atoms with Crippen molar-refractivity contribution in [3.05, 3.63) is 29.8 Å². The molecular formula is C11H18N4. The van der Waals surface area contributed by atoms with E-state index in [9.17, 15) is 0 Å². The van der Waals surface area contributed by atoms with Crippen LogP contribution in [0.3, 0.4) is 0 Å². The second-order valence-corrected chi connectivity index (χ2v) is 3.71. The first-order valence-electron chi connectivity index (χ1n) is 5.00. The Balaban J connectivity index is 2.71. The van der Waals surface area contributed by atoms with Crippen LogP contribution in [-0.2, 0) is 0 Å². The number of benzene rings is 1. The molecule has 0 unspecified atom stereocenters. The normalized spacial score (nSPS) is 11.7. The lowest BCUT2D eigenvalue weighted by molar-refractivity contribution is 0.819. The molecule has 1 aromatic carbocycles. The first-order chi connectivity index (χ1) is 7.11. The van der Waals surface area contributed by atoms with E-state index in [1.807, 2.05) is 45.0 Å². The fourth-order valence-corrected chi connectivity index (χ4v) is 1.14. The summed E-state index contributed by atoms with van der Waals surface area (Å²) in [4.78, 5) is 4.28. The van der Waals surface area contributed by atoms with Gasteiger partial charge in [-0.2, -0.15) is 0 Å². The van der Waals surface area contributed by atoms with Crippen molar-refractivity contribution in [2.24, 2.45) is 10.8 Å². The number of aliphatic imine (C=N–C) groups is 1. The Labute approximate surface area is 90.6 Å². The van der Waals surface area contributed by atoms with Gasteiger partial charge in [-0.05, 0) is 32.9 Å². The van der Waals surface area contributed by atoms with Gasteiger partial charge in [0.1, 0.15) is 0 Å². The molecule has 15 heavy (non-hydrogen) atoms. The molecule has 0 heterocycles. The maximum absolute atomic E-state index is 5.36.